The van der Waals surface area contributed by atoms with Crippen LogP contribution in [0.5, 0.6) is 0 Å². The molecule has 1 heterocycles. The Labute approximate surface area is 158 Å². The number of benzene rings is 1. The van der Waals surface area contributed by atoms with Crippen molar-refractivity contribution in [2.24, 2.45) is 0 Å². The molecule has 0 aliphatic rings. The van der Waals surface area contributed by atoms with E-state index in [1.165, 1.54) is 10.6 Å². The van der Waals surface area contributed by atoms with Gasteiger partial charge in [-0.3, -0.25) is 4.57 Å². The molecular formula is C18H19F3INO2. The molecule has 1 aromatic carbocycles. The molecule has 2 aromatic rings. The highest BCUT2D eigenvalue weighted by Gasteiger charge is 2.31. The minimum atomic E-state index is -4.45. The first-order valence-electron chi connectivity index (χ1n) is 7.74. The van der Waals surface area contributed by atoms with Crippen molar-refractivity contribution in [2.45, 2.75) is 45.9 Å². The Morgan fingerprint density at radius 1 is 1.20 bits per heavy atom. The van der Waals surface area contributed by atoms with Gasteiger partial charge in [-0.15, -0.1) is 0 Å². The molecule has 0 radical (unpaired) electrons. The zero-order valence-electron chi connectivity index (χ0n) is 14.4. The lowest BCUT2D eigenvalue weighted by molar-refractivity contribution is -0.137. The third-order valence-corrected chi connectivity index (χ3v) is 4.06. The smallest absolute Gasteiger partial charge is 0.419 e. The summed E-state index contributed by atoms with van der Waals surface area (Å²) < 4.78 is 46.7. The van der Waals surface area contributed by atoms with E-state index in [0.717, 1.165) is 21.3 Å². The van der Waals surface area contributed by atoms with E-state index in [1.54, 1.807) is 33.0 Å². The lowest BCUT2D eigenvalue weighted by atomic mass is 9.99. The van der Waals surface area contributed by atoms with Gasteiger partial charge in [-0.05, 0) is 73.5 Å². The van der Waals surface area contributed by atoms with Gasteiger partial charge in [0.2, 0.25) is 0 Å². The van der Waals surface area contributed by atoms with Crippen LogP contribution in [0.1, 0.15) is 38.8 Å². The zero-order chi connectivity index (χ0) is 19.0. The molecule has 0 unspecified atom stereocenters. The lowest BCUT2D eigenvalue weighted by Crippen LogP contribution is -2.27. The van der Waals surface area contributed by atoms with Gasteiger partial charge in [0.25, 0.3) is 0 Å². The third-order valence-electron chi connectivity index (χ3n) is 3.47. The molecule has 0 N–H and O–H groups in total. The van der Waals surface area contributed by atoms with E-state index >= 15 is 0 Å². The van der Waals surface area contributed by atoms with Gasteiger partial charge in [0, 0.05) is 15.3 Å². The Morgan fingerprint density at radius 2 is 1.84 bits per heavy atom. The first-order valence-corrected chi connectivity index (χ1v) is 8.82. The fourth-order valence-corrected chi connectivity index (χ4v) is 2.97. The third kappa shape index (κ3) is 4.77. The van der Waals surface area contributed by atoms with Crippen LogP contribution in [-0.2, 0) is 17.3 Å². The van der Waals surface area contributed by atoms with Gasteiger partial charge in [-0.2, -0.15) is 13.2 Å². The number of hydrogen-bond donors (Lipinski definition) is 0. The summed E-state index contributed by atoms with van der Waals surface area (Å²) >= 11 is 2.02. The monoisotopic (exact) mass is 465 g/mol. The fourth-order valence-electron chi connectivity index (χ4n) is 2.40. The predicted molar refractivity (Wildman–Crippen MR) is 98.6 cm³/mol. The molecule has 3 nitrogen and oxygen atoms in total. The number of nitrogens with zero attached hydrogens (tertiary/aromatic N) is 1. The summed E-state index contributed by atoms with van der Waals surface area (Å²) in [5.74, 6) is 0. The van der Waals surface area contributed by atoms with Crippen LogP contribution in [0.25, 0.3) is 11.3 Å². The molecule has 0 atom stereocenters. The number of aromatic nitrogens is 1. The topological polar surface area (TPSA) is 31.2 Å². The number of rotatable bonds is 2. The Hall–Kier alpha value is -1.51. The van der Waals surface area contributed by atoms with Crippen molar-refractivity contribution in [3.63, 3.8) is 0 Å². The molecule has 0 aliphatic heterocycles. The maximum Gasteiger partial charge on any atom is 0.419 e. The predicted octanol–water partition coefficient (Wildman–Crippen LogP) is 6.12. The van der Waals surface area contributed by atoms with Crippen LogP contribution in [0.3, 0.4) is 0 Å². The Morgan fingerprint density at radius 3 is 2.36 bits per heavy atom. The summed E-state index contributed by atoms with van der Waals surface area (Å²) in [5.41, 5.74) is 0.0532. The van der Waals surface area contributed by atoms with Crippen molar-refractivity contribution in [1.82, 2.24) is 4.57 Å². The number of aryl methyl sites for hydroxylation is 1. The van der Waals surface area contributed by atoms with Crippen molar-refractivity contribution < 1.29 is 22.7 Å². The van der Waals surface area contributed by atoms with Crippen LogP contribution < -0.4 is 0 Å². The highest BCUT2D eigenvalue weighted by molar-refractivity contribution is 14.1. The largest absolute Gasteiger partial charge is 0.443 e. The Bertz CT molecular complexity index is 789. The summed E-state index contributed by atoms with van der Waals surface area (Å²) in [4.78, 5) is 12.5. The number of hydrogen-bond acceptors (Lipinski definition) is 2. The van der Waals surface area contributed by atoms with Gasteiger partial charge in [0.1, 0.15) is 5.60 Å². The van der Waals surface area contributed by atoms with Crippen molar-refractivity contribution in [3.8, 4) is 11.3 Å². The van der Waals surface area contributed by atoms with Crippen molar-refractivity contribution in [1.29, 1.82) is 0 Å². The van der Waals surface area contributed by atoms with Crippen molar-refractivity contribution >= 4 is 28.7 Å². The lowest BCUT2D eigenvalue weighted by Gasteiger charge is -2.21. The maximum absolute atomic E-state index is 13.1. The minimum absolute atomic E-state index is 0.381. The van der Waals surface area contributed by atoms with Crippen molar-refractivity contribution in [3.05, 3.63) is 45.2 Å². The second-order valence-corrected chi connectivity index (χ2v) is 7.86. The number of alkyl halides is 3. The summed E-state index contributed by atoms with van der Waals surface area (Å²) in [5, 5.41) is 0. The van der Waals surface area contributed by atoms with Gasteiger partial charge < -0.3 is 4.74 Å². The van der Waals surface area contributed by atoms with E-state index in [1.807, 2.05) is 29.5 Å². The Balaban J connectivity index is 2.61. The summed E-state index contributed by atoms with van der Waals surface area (Å²) in [6, 6.07) is 5.29. The summed E-state index contributed by atoms with van der Waals surface area (Å²) in [6.07, 6.45) is -2.96. The molecule has 1 aromatic heterocycles. The van der Waals surface area contributed by atoms with E-state index in [-0.39, 0.29) is 0 Å². The number of carbonyl (C=O) groups is 1. The van der Waals surface area contributed by atoms with E-state index in [9.17, 15) is 18.0 Å². The second kappa shape index (κ2) is 7.01. The van der Waals surface area contributed by atoms with Crippen LogP contribution in [-0.4, -0.2) is 16.3 Å². The first kappa shape index (κ1) is 19.8. The highest BCUT2D eigenvalue weighted by atomic mass is 127. The van der Waals surface area contributed by atoms with Gasteiger partial charge in [0.05, 0.1) is 11.3 Å². The maximum atomic E-state index is 13.1. The fraction of sp³-hybridized carbons (Fsp3) is 0.389. The Kier molecular flexibility index (Phi) is 5.56. The molecule has 0 saturated carbocycles. The molecular weight excluding hydrogens is 446 g/mol. The molecule has 2 rings (SSSR count). The molecule has 0 aliphatic carbocycles. The molecule has 7 heteroatoms. The first-order chi connectivity index (χ1) is 11.4. The van der Waals surface area contributed by atoms with E-state index in [0.29, 0.717) is 17.7 Å². The van der Waals surface area contributed by atoms with E-state index in [2.05, 4.69) is 0 Å². The van der Waals surface area contributed by atoms with Gasteiger partial charge in [0.15, 0.2) is 0 Å². The van der Waals surface area contributed by atoms with Crippen LogP contribution in [0.2, 0.25) is 0 Å². The molecule has 0 amide bonds. The molecule has 0 fully saturated rings. The molecule has 0 spiro atoms. The molecule has 25 heavy (non-hydrogen) atoms. The summed E-state index contributed by atoms with van der Waals surface area (Å²) in [6.45, 7) is 7.07. The normalized spacial score (nSPS) is 12.3. The minimum Gasteiger partial charge on any atom is -0.443 e. The number of ether oxygens (including phenoxy) is 1. The quantitative estimate of drug-likeness (QED) is 0.501. The standard InChI is InChI=1S/C18H19F3INO2/c1-5-11-6-7-12(18(19,20)21)8-14(11)15-9-13(22)10-23(15)16(24)25-17(2,3)4/h6-10H,5H2,1-4H3. The van der Waals surface area contributed by atoms with Gasteiger partial charge in [-0.25, -0.2) is 4.79 Å². The van der Waals surface area contributed by atoms with Gasteiger partial charge in [-0.1, -0.05) is 13.0 Å². The SMILES string of the molecule is CCc1ccc(C(F)(F)F)cc1-c1cc(I)cn1C(=O)OC(C)(C)C. The van der Waals surface area contributed by atoms with Crippen molar-refractivity contribution in [2.75, 3.05) is 0 Å². The summed E-state index contributed by atoms with van der Waals surface area (Å²) in [7, 11) is 0. The number of carbonyl (C=O) groups excluding carboxylic acids is 1. The molecule has 0 saturated heterocycles. The number of halogens is 4. The van der Waals surface area contributed by atoms with Gasteiger partial charge >= 0.3 is 12.3 Å². The molecule has 0 bridgehead atoms. The second-order valence-electron chi connectivity index (χ2n) is 6.62. The van der Waals surface area contributed by atoms with E-state index in [4.69, 9.17) is 4.74 Å². The van der Waals surface area contributed by atoms with Crippen LogP contribution in [0.4, 0.5) is 18.0 Å². The highest BCUT2D eigenvalue weighted by Crippen LogP contribution is 2.35. The average molecular weight is 465 g/mol. The van der Waals surface area contributed by atoms with Crippen LogP contribution in [0, 0.1) is 3.57 Å². The van der Waals surface area contributed by atoms with Crippen LogP contribution >= 0.6 is 22.6 Å². The molecule has 136 valence electrons. The van der Waals surface area contributed by atoms with Crippen LogP contribution in [0.15, 0.2) is 30.5 Å². The average Bonchev–Trinajstić information content (AvgIpc) is 2.86. The van der Waals surface area contributed by atoms with E-state index < -0.39 is 23.4 Å². The zero-order valence-corrected chi connectivity index (χ0v) is 16.5.